The first kappa shape index (κ1) is 17.6. The third-order valence-corrected chi connectivity index (χ3v) is 8.31. The largest absolute Gasteiger partial charge is 0.501 e. The number of hydrogen-bond acceptors (Lipinski definition) is 2. The summed E-state index contributed by atoms with van der Waals surface area (Å²) in [6.07, 6.45) is 13.0. The van der Waals surface area contributed by atoms with Crippen LogP contribution in [0, 0.1) is 29.1 Å². The van der Waals surface area contributed by atoms with E-state index in [1.807, 2.05) is 7.11 Å². The van der Waals surface area contributed by atoms with Crippen molar-refractivity contribution in [3.63, 3.8) is 0 Å². The average Bonchev–Trinajstić information content (AvgIpc) is 2.84. The van der Waals surface area contributed by atoms with Crippen molar-refractivity contribution in [2.45, 2.75) is 84.2 Å². The van der Waals surface area contributed by atoms with Crippen molar-refractivity contribution >= 4 is 0 Å². The second-order valence-electron chi connectivity index (χ2n) is 9.91. The molecule has 2 fully saturated rings. The summed E-state index contributed by atoms with van der Waals surface area (Å²) in [5.41, 5.74) is 3.14. The Bertz CT molecular complexity index is 597. The van der Waals surface area contributed by atoms with Crippen LogP contribution in [0.1, 0.15) is 78.6 Å². The summed E-state index contributed by atoms with van der Waals surface area (Å²) in [5.74, 6) is 4.15. The summed E-state index contributed by atoms with van der Waals surface area (Å²) >= 11 is 0. The quantitative estimate of drug-likeness (QED) is 0.673. The smallest absolute Gasteiger partial charge is 0.0959 e. The number of fused-ring (bicyclic) bond motifs is 4. The molecule has 25 heavy (non-hydrogen) atoms. The van der Waals surface area contributed by atoms with Gasteiger partial charge in [-0.05, 0) is 88.0 Å². The number of ether oxygens (including phenoxy) is 1. The third-order valence-electron chi connectivity index (χ3n) is 8.31. The van der Waals surface area contributed by atoms with Gasteiger partial charge in [0.2, 0.25) is 0 Å². The minimum Gasteiger partial charge on any atom is -0.501 e. The maximum atomic E-state index is 11.3. The first-order valence-corrected chi connectivity index (χ1v) is 10.5. The van der Waals surface area contributed by atoms with Crippen LogP contribution in [0.15, 0.2) is 23.0 Å². The molecule has 0 bridgehead atoms. The summed E-state index contributed by atoms with van der Waals surface area (Å²) in [7, 11) is 1.81. The summed E-state index contributed by atoms with van der Waals surface area (Å²) in [6, 6.07) is 0. The van der Waals surface area contributed by atoms with Crippen LogP contribution in [0.25, 0.3) is 0 Å². The Morgan fingerprint density at radius 3 is 2.76 bits per heavy atom. The Morgan fingerprint density at radius 1 is 1.24 bits per heavy atom. The van der Waals surface area contributed by atoms with Crippen LogP contribution in [-0.4, -0.2) is 17.8 Å². The lowest BCUT2D eigenvalue weighted by Gasteiger charge is -2.55. The number of rotatable bonds is 3. The van der Waals surface area contributed by atoms with Gasteiger partial charge in [-0.2, -0.15) is 0 Å². The van der Waals surface area contributed by atoms with Crippen molar-refractivity contribution in [3.8, 4) is 0 Å². The molecule has 0 aromatic heterocycles. The van der Waals surface area contributed by atoms with Crippen LogP contribution in [0.2, 0.25) is 0 Å². The standard InChI is InChI=1S/C23H36O2/c1-15(2)14-23-12-9-19-18-8-6-17(25-4)13-16(18)5-7-20(19)21(23)10-11-22(23,3)24/h6,15,19-21,24H,5,7-14H2,1-4H3/t19-,20-,21+,22+,23-/m1/s1. The van der Waals surface area contributed by atoms with Crippen molar-refractivity contribution in [2.24, 2.45) is 29.1 Å². The maximum Gasteiger partial charge on any atom is 0.0959 e. The molecule has 0 spiro atoms. The number of methoxy groups -OCH3 is 1. The van der Waals surface area contributed by atoms with Crippen molar-refractivity contribution in [3.05, 3.63) is 23.0 Å². The molecule has 2 nitrogen and oxygen atoms in total. The lowest BCUT2D eigenvalue weighted by Crippen LogP contribution is -2.52. The second-order valence-corrected chi connectivity index (χ2v) is 9.91. The lowest BCUT2D eigenvalue weighted by atomic mass is 9.50. The zero-order chi connectivity index (χ0) is 17.8. The third kappa shape index (κ3) is 2.62. The highest BCUT2D eigenvalue weighted by molar-refractivity contribution is 5.33. The Labute approximate surface area is 153 Å². The van der Waals surface area contributed by atoms with E-state index in [9.17, 15) is 5.11 Å². The minimum atomic E-state index is -0.461. The topological polar surface area (TPSA) is 29.5 Å². The molecule has 2 saturated carbocycles. The molecule has 4 aliphatic carbocycles. The van der Waals surface area contributed by atoms with Crippen molar-refractivity contribution in [1.82, 2.24) is 0 Å². The normalized spacial score (nSPS) is 43.4. The fourth-order valence-electron chi connectivity index (χ4n) is 7.31. The molecule has 0 aliphatic heterocycles. The molecule has 0 unspecified atom stereocenters. The summed E-state index contributed by atoms with van der Waals surface area (Å²) < 4.78 is 5.53. The Hall–Kier alpha value is -0.760. The van der Waals surface area contributed by atoms with Gasteiger partial charge in [-0.15, -0.1) is 0 Å². The first-order chi connectivity index (χ1) is 11.9. The fraction of sp³-hybridized carbons (Fsp3) is 0.826. The van der Waals surface area contributed by atoms with Gasteiger partial charge in [0.25, 0.3) is 0 Å². The monoisotopic (exact) mass is 344 g/mol. The van der Waals surface area contributed by atoms with Gasteiger partial charge in [0.1, 0.15) is 0 Å². The van der Waals surface area contributed by atoms with Crippen molar-refractivity contribution in [2.75, 3.05) is 7.11 Å². The Morgan fingerprint density at radius 2 is 2.04 bits per heavy atom. The van der Waals surface area contributed by atoms with E-state index in [0.29, 0.717) is 5.92 Å². The summed E-state index contributed by atoms with van der Waals surface area (Å²) in [4.78, 5) is 0. The van der Waals surface area contributed by atoms with Crippen molar-refractivity contribution in [1.29, 1.82) is 0 Å². The van der Waals surface area contributed by atoms with Gasteiger partial charge in [-0.1, -0.05) is 25.0 Å². The average molecular weight is 345 g/mol. The minimum absolute atomic E-state index is 0.169. The zero-order valence-corrected chi connectivity index (χ0v) is 16.6. The van der Waals surface area contributed by atoms with Gasteiger partial charge in [0.05, 0.1) is 18.5 Å². The molecule has 0 amide bonds. The van der Waals surface area contributed by atoms with Crippen LogP contribution in [0.3, 0.4) is 0 Å². The van der Waals surface area contributed by atoms with Crippen LogP contribution in [0.4, 0.5) is 0 Å². The van der Waals surface area contributed by atoms with E-state index in [2.05, 4.69) is 26.8 Å². The highest BCUT2D eigenvalue weighted by Crippen LogP contribution is 2.66. The number of allylic oxidation sites excluding steroid dienone is 3. The van der Waals surface area contributed by atoms with Crippen LogP contribution in [-0.2, 0) is 4.74 Å². The second kappa shape index (κ2) is 6.15. The number of hydrogen-bond donors (Lipinski definition) is 1. The van der Waals surface area contributed by atoms with Gasteiger partial charge in [0, 0.05) is 11.8 Å². The van der Waals surface area contributed by atoms with E-state index in [-0.39, 0.29) is 5.41 Å². The predicted molar refractivity (Wildman–Crippen MR) is 102 cm³/mol. The van der Waals surface area contributed by atoms with E-state index < -0.39 is 5.60 Å². The van der Waals surface area contributed by atoms with E-state index in [1.165, 1.54) is 44.3 Å². The van der Waals surface area contributed by atoms with Gasteiger partial charge in [0.15, 0.2) is 0 Å². The van der Waals surface area contributed by atoms with Crippen molar-refractivity contribution < 1.29 is 9.84 Å². The first-order valence-electron chi connectivity index (χ1n) is 10.5. The molecule has 1 N–H and O–H groups in total. The number of aliphatic hydroxyl groups is 1. The van der Waals surface area contributed by atoms with Crippen LogP contribution < -0.4 is 0 Å². The molecule has 0 aromatic carbocycles. The predicted octanol–water partition coefficient (Wildman–Crippen LogP) is 5.62. The highest BCUT2D eigenvalue weighted by atomic mass is 16.5. The summed E-state index contributed by atoms with van der Waals surface area (Å²) in [5, 5.41) is 11.3. The van der Waals surface area contributed by atoms with Gasteiger partial charge in [-0.3, -0.25) is 0 Å². The zero-order valence-electron chi connectivity index (χ0n) is 16.6. The molecule has 140 valence electrons. The SMILES string of the molecule is COC1=CCC2=C(CC[C@@H]3[C@@H]2CC[C@@]2(CC(C)C)[C@H]3CC[C@]2(C)O)C1. The molecule has 0 radical (unpaired) electrons. The van der Waals surface area contributed by atoms with E-state index in [1.54, 1.807) is 11.1 Å². The van der Waals surface area contributed by atoms with E-state index in [0.717, 1.165) is 37.0 Å². The molecule has 4 aliphatic rings. The Balaban J connectivity index is 1.63. The molecular weight excluding hydrogens is 308 g/mol. The molecule has 2 heteroatoms. The fourth-order valence-corrected chi connectivity index (χ4v) is 7.31. The lowest BCUT2D eigenvalue weighted by molar-refractivity contribution is -0.117. The van der Waals surface area contributed by atoms with E-state index in [4.69, 9.17) is 4.74 Å². The molecule has 0 heterocycles. The van der Waals surface area contributed by atoms with Gasteiger partial charge < -0.3 is 9.84 Å². The summed E-state index contributed by atoms with van der Waals surface area (Å²) in [6.45, 7) is 6.83. The van der Waals surface area contributed by atoms with Crippen LogP contribution in [0.5, 0.6) is 0 Å². The molecule has 0 aromatic rings. The maximum absolute atomic E-state index is 11.3. The van der Waals surface area contributed by atoms with Gasteiger partial charge in [-0.25, -0.2) is 0 Å². The van der Waals surface area contributed by atoms with E-state index >= 15 is 0 Å². The Kier molecular flexibility index (Phi) is 4.34. The van der Waals surface area contributed by atoms with Crippen LogP contribution >= 0.6 is 0 Å². The molecule has 5 atom stereocenters. The molecular formula is C23H36O2. The highest BCUT2D eigenvalue weighted by Gasteiger charge is 2.61. The molecule has 0 saturated heterocycles. The van der Waals surface area contributed by atoms with Gasteiger partial charge >= 0.3 is 0 Å². The molecule has 4 rings (SSSR count).